The minimum absolute atomic E-state index is 0.0989. The Labute approximate surface area is 212 Å². The van der Waals surface area contributed by atoms with E-state index in [1.54, 1.807) is 48.5 Å². The molecule has 0 N–H and O–H groups in total. The van der Waals surface area contributed by atoms with Gasteiger partial charge in [-0.05, 0) is 68.3 Å². The van der Waals surface area contributed by atoms with Crippen molar-refractivity contribution in [2.24, 2.45) is 0 Å². The van der Waals surface area contributed by atoms with E-state index in [1.807, 2.05) is 13.8 Å². The molecule has 1 aliphatic rings. The Hall–Kier alpha value is -3.21. The molecule has 3 aromatic rings. The highest BCUT2D eigenvalue weighted by Crippen LogP contribution is 2.32. The predicted molar refractivity (Wildman–Crippen MR) is 140 cm³/mol. The third kappa shape index (κ3) is 4.88. The summed E-state index contributed by atoms with van der Waals surface area (Å²) in [6.45, 7) is 3.72. The molecule has 10 heteroatoms. The van der Waals surface area contributed by atoms with Crippen molar-refractivity contribution in [2.75, 3.05) is 36.4 Å². The van der Waals surface area contributed by atoms with Gasteiger partial charge in [-0.15, -0.1) is 0 Å². The van der Waals surface area contributed by atoms with Gasteiger partial charge >= 0.3 is 0 Å². The number of rotatable bonds is 7. The maximum Gasteiger partial charge on any atom is 0.264 e. The molecule has 190 valence electrons. The largest absolute Gasteiger partial charge is 0.310 e. The van der Waals surface area contributed by atoms with Crippen LogP contribution >= 0.6 is 0 Å². The molecule has 0 spiro atoms. The second kappa shape index (κ2) is 9.68. The van der Waals surface area contributed by atoms with E-state index in [-0.39, 0.29) is 9.79 Å². The molecule has 1 amide bonds. The molecular weight excluding hydrogens is 498 g/mol. The number of hydrogen-bond acceptors (Lipinski definition) is 5. The first-order valence-corrected chi connectivity index (χ1v) is 14.3. The molecule has 1 aliphatic heterocycles. The van der Waals surface area contributed by atoms with Gasteiger partial charge in [0.25, 0.3) is 10.0 Å². The summed E-state index contributed by atoms with van der Waals surface area (Å²) in [7, 11) is -4.70. The first-order chi connectivity index (χ1) is 16.9. The number of sulfonamides is 2. The van der Waals surface area contributed by atoms with E-state index >= 15 is 0 Å². The van der Waals surface area contributed by atoms with Gasteiger partial charge in [-0.3, -0.25) is 9.10 Å². The van der Waals surface area contributed by atoms with E-state index in [4.69, 9.17) is 0 Å². The smallest absolute Gasteiger partial charge is 0.264 e. The summed E-state index contributed by atoms with van der Waals surface area (Å²) in [5.74, 6) is -0.395. The van der Waals surface area contributed by atoms with Gasteiger partial charge < -0.3 is 4.90 Å². The molecule has 0 aliphatic carbocycles. The van der Waals surface area contributed by atoms with E-state index in [1.165, 1.54) is 37.2 Å². The molecule has 0 bridgehead atoms. The Bertz CT molecular complexity index is 1500. The van der Waals surface area contributed by atoms with Crippen LogP contribution in [-0.2, 0) is 31.3 Å². The zero-order chi connectivity index (χ0) is 26.3. The molecule has 3 aromatic carbocycles. The Balaban J connectivity index is 1.67. The van der Waals surface area contributed by atoms with E-state index in [0.717, 1.165) is 25.3 Å². The first kappa shape index (κ1) is 25.9. The van der Waals surface area contributed by atoms with Crippen LogP contribution in [0.15, 0.2) is 76.5 Å². The lowest BCUT2D eigenvalue weighted by Gasteiger charge is -2.27. The van der Waals surface area contributed by atoms with Crippen LogP contribution in [0.5, 0.6) is 0 Å². The summed E-state index contributed by atoms with van der Waals surface area (Å²) in [5.41, 5.74) is 3.61. The molecule has 0 fully saturated rings. The highest BCUT2D eigenvalue weighted by molar-refractivity contribution is 7.92. The van der Waals surface area contributed by atoms with Gasteiger partial charge in [-0.1, -0.05) is 35.4 Å². The summed E-state index contributed by atoms with van der Waals surface area (Å²) >= 11 is 0. The molecule has 0 unspecified atom stereocenters. The molecule has 0 radical (unpaired) electrons. The highest BCUT2D eigenvalue weighted by Gasteiger charge is 2.32. The minimum atomic E-state index is -4.02. The Morgan fingerprint density at radius 1 is 0.806 bits per heavy atom. The van der Waals surface area contributed by atoms with Gasteiger partial charge in [0.15, 0.2) is 0 Å². The van der Waals surface area contributed by atoms with Crippen LogP contribution in [0.4, 0.5) is 11.4 Å². The summed E-state index contributed by atoms with van der Waals surface area (Å²) < 4.78 is 54.5. The summed E-state index contributed by atoms with van der Waals surface area (Å²) in [5, 5.41) is 0. The van der Waals surface area contributed by atoms with Crippen LogP contribution in [0.3, 0.4) is 0 Å². The van der Waals surface area contributed by atoms with Crippen LogP contribution in [0.1, 0.15) is 16.7 Å². The molecule has 0 atom stereocenters. The monoisotopic (exact) mass is 527 g/mol. The van der Waals surface area contributed by atoms with Crippen LogP contribution in [-0.4, -0.2) is 54.2 Å². The fourth-order valence-electron chi connectivity index (χ4n) is 4.08. The van der Waals surface area contributed by atoms with Gasteiger partial charge in [0.05, 0.1) is 15.5 Å². The van der Waals surface area contributed by atoms with E-state index in [0.29, 0.717) is 24.3 Å². The van der Waals surface area contributed by atoms with E-state index in [2.05, 4.69) is 0 Å². The van der Waals surface area contributed by atoms with Crippen molar-refractivity contribution in [3.8, 4) is 0 Å². The number of carbonyl (C=O) groups excluding carboxylic acids is 1. The second-order valence-electron chi connectivity index (χ2n) is 9.03. The molecular formula is C26H29N3O5S2. The minimum Gasteiger partial charge on any atom is -0.310 e. The first-order valence-electron chi connectivity index (χ1n) is 11.4. The van der Waals surface area contributed by atoms with Gasteiger partial charge in [0, 0.05) is 26.3 Å². The molecule has 36 heavy (non-hydrogen) atoms. The third-order valence-electron chi connectivity index (χ3n) is 6.24. The molecule has 0 aromatic heterocycles. The fraction of sp³-hybridized carbons (Fsp3) is 0.269. The topological polar surface area (TPSA) is 95.1 Å². The maximum atomic E-state index is 13.6. The Morgan fingerprint density at radius 2 is 1.36 bits per heavy atom. The lowest BCUT2D eigenvalue weighted by atomic mass is 10.2. The van der Waals surface area contributed by atoms with Gasteiger partial charge in [-0.2, -0.15) is 0 Å². The van der Waals surface area contributed by atoms with Crippen molar-refractivity contribution in [1.29, 1.82) is 0 Å². The number of nitrogens with zero attached hydrogens (tertiary/aromatic N) is 3. The summed E-state index contributed by atoms with van der Waals surface area (Å²) in [6.07, 6.45) is 0.479. The Morgan fingerprint density at radius 3 is 1.94 bits per heavy atom. The lowest BCUT2D eigenvalue weighted by molar-refractivity contribution is -0.117. The molecule has 0 saturated heterocycles. The van der Waals surface area contributed by atoms with E-state index < -0.39 is 32.5 Å². The van der Waals surface area contributed by atoms with Crippen molar-refractivity contribution < 1.29 is 21.6 Å². The zero-order valence-electron chi connectivity index (χ0n) is 20.7. The number of amides is 1. The normalized spacial score (nSPS) is 13.6. The summed E-state index contributed by atoms with van der Waals surface area (Å²) in [6, 6.07) is 18.2. The van der Waals surface area contributed by atoms with Gasteiger partial charge in [0.2, 0.25) is 15.9 Å². The van der Waals surface area contributed by atoms with Crippen molar-refractivity contribution in [2.45, 2.75) is 30.1 Å². The third-order valence-corrected chi connectivity index (χ3v) is 9.84. The average Bonchev–Trinajstić information content (AvgIpc) is 3.26. The zero-order valence-corrected chi connectivity index (χ0v) is 22.3. The number of fused-ring (bicyclic) bond motifs is 1. The van der Waals surface area contributed by atoms with Crippen molar-refractivity contribution in [3.05, 3.63) is 83.4 Å². The quantitative estimate of drug-likeness (QED) is 0.470. The van der Waals surface area contributed by atoms with Gasteiger partial charge in [-0.25, -0.2) is 21.1 Å². The van der Waals surface area contributed by atoms with Crippen LogP contribution in [0.25, 0.3) is 0 Å². The molecule has 1 heterocycles. The second-order valence-corrected chi connectivity index (χ2v) is 13.0. The van der Waals surface area contributed by atoms with Crippen molar-refractivity contribution in [3.63, 3.8) is 0 Å². The van der Waals surface area contributed by atoms with Crippen molar-refractivity contribution >= 4 is 37.3 Å². The Kier molecular flexibility index (Phi) is 6.96. The molecule has 8 nitrogen and oxygen atoms in total. The molecule has 4 rings (SSSR count). The number of anilines is 2. The van der Waals surface area contributed by atoms with Crippen molar-refractivity contribution in [1.82, 2.24) is 4.31 Å². The average molecular weight is 528 g/mol. The lowest BCUT2D eigenvalue weighted by Crippen LogP contribution is -2.42. The fourth-order valence-corrected chi connectivity index (χ4v) is 6.45. The highest BCUT2D eigenvalue weighted by atomic mass is 32.2. The van der Waals surface area contributed by atoms with Crippen LogP contribution in [0, 0.1) is 13.8 Å². The number of hydrogen-bond donors (Lipinski definition) is 0. The summed E-state index contributed by atoms with van der Waals surface area (Å²) in [4.78, 5) is 15.3. The predicted octanol–water partition coefficient (Wildman–Crippen LogP) is 3.34. The number of aryl methyl sites for hydroxylation is 2. The number of benzene rings is 3. The van der Waals surface area contributed by atoms with Crippen LogP contribution < -0.4 is 9.21 Å². The standard InChI is InChI=1S/C26H29N3O5S2/c1-19-5-9-22(10-6-19)29(36(33,34)23-11-7-20(2)8-12-23)18-26(30)28-16-15-21-17-24(13-14-25(21)28)35(31,32)27(3)4/h5-14,17H,15-16,18H2,1-4H3. The van der Waals surface area contributed by atoms with E-state index in [9.17, 15) is 21.6 Å². The maximum absolute atomic E-state index is 13.6. The van der Waals surface area contributed by atoms with Gasteiger partial charge in [0.1, 0.15) is 6.54 Å². The van der Waals surface area contributed by atoms with Crippen LogP contribution in [0.2, 0.25) is 0 Å². The SMILES string of the molecule is Cc1ccc(N(CC(=O)N2CCc3cc(S(=O)(=O)N(C)C)ccc32)S(=O)(=O)c2ccc(C)cc2)cc1. The molecule has 0 saturated carbocycles. The number of carbonyl (C=O) groups is 1.